The molecule has 1 aliphatic heterocycles. The fourth-order valence-corrected chi connectivity index (χ4v) is 2.21. The molecular weight excluding hydrogens is 240 g/mol. The zero-order chi connectivity index (χ0) is 13.5. The van der Waals surface area contributed by atoms with Crippen LogP contribution in [0, 0.1) is 5.92 Å². The molecule has 1 unspecified atom stereocenters. The maximum atomic E-state index is 5.89. The van der Waals surface area contributed by atoms with E-state index < -0.39 is 0 Å². The Morgan fingerprint density at radius 1 is 1.47 bits per heavy atom. The Balaban J connectivity index is 1.81. The molecule has 3 N–H and O–H groups in total. The van der Waals surface area contributed by atoms with Gasteiger partial charge in [0.25, 0.3) is 0 Å². The minimum Gasteiger partial charge on any atom is -0.491 e. The first-order valence-corrected chi connectivity index (χ1v) is 7.13. The molecule has 1 aromatic rings. The lowest BCUT2D eigenvalue weighted by atomic mass is 10.1. The van der Waals surface area contributed by atoms with Crippen LogP contribution in [0.1, 0.15) is 26.2 Å². The molecule has 0 saturated carbocycles. The maximum absolute atomic E-state index is 5.89. The van der Waals surface area contributed by atoms with Crippen molar-refractivity contribution < 1.29 is 9.47 Å². The summed E-state index contributed by atoms with van der Waals surface area (Å²) in [6.07, 6.45) is 3.32. The number of nitrogens with two attached hydrogens (primary N) is 1. The van der Waals surface area contributed by atoms with Gasteiger partial charge in [0.2, 0.25) is 0 Å². The van der Waals surface area contributed by atoms with E-state index in [0.717, 1.165) is 44.0 Å². The molecule has 1 heterocycles. The zero-order valence-corrected chi connectivity index (χ0v) is 11.7. The van der Waals surface area contributed by atoms with Gasteiger partial charge in [-0.05, 0) is 37.3 Å². The van der Waals surface area contributed by atoms with Gasteiger partial charge in [-0.3, -0.25) is 0 Å². The molecule has 0 radical (unpaired) electrons. The van der Waals surface area contributed by atoms with Crippen LogP contribution in [0.5, 0.6) is 5.75 Å². The summed E-state index contributed by atoms with van der Waals surface area (Å²) in [6, 6.07) is 5.88. The molecule has 0 bridgehead atoms. The van der Waals surface area contributed by atoms with Crippen LogP contribution in [0.2, 0.25) is 0 Å². The van der Waals surface area contributed by atoms with Crippen LogP contribution in [0.15, 0.2) is 18.2 Å². The summed E-state index contributed by atoms with van der Waals surface area (Å²) in [5.41, 5.74) is 7.66. The average Bonchev–Trinajstić information content (AvgIpc) is 2.92. The van der Waals surface area contributed by atoms with E-state index in [1.165, 1.54) is 6.42 Å². The lowest BCUT2D eigenvalue weighted by Crippen LogP contribution is -2.09. The Bertz CT molecular complexity index is 390. The number of nitrogen functional groups attached to an aromatic ring is 1. The fourth-order valence-electron chi connectivity index (χ4n) is 2.21. The Morgan fingerprint density at radius 3 is 3.11 bits per heavy atom. The van der Waals surface area contributed by atoms with Crippen LogP contribution < -0.4 is 15.8 Å². The van der Waals surface area contributed by atoms with Gasteiger partial charge in [-0.2, -0.15) is 0 Å². The van der Waals surface area contributed by atoms with Gasteiger partial charge < -0.3 is 20.5 Å². The molecule has 1 aromatic carbocycles. The van der Waals surface area contributed by atoms with E-state index in [-0.39, 0.29) is 0 Å². The molecular formula is C15H24N2O2. The van der Waals surface area contributed by atoms with Gasteiger partial charge in [-0.15, -0.1) is 0 Å². The SMILES string of the molecule is CCCOc1cc(NCCC2CCOC2)ccc1N. The largest absolute Gasteiger partial charge is 0.491 e. The monoisotopic (exact) mass is 264 g/mol. The number of rotatable bonds is 7. The lowest BCUT2D eigenvalue weighted by Gasteiger charge is -2.13. The summed E-state index contributed by atoms with van der Waals surface area (Å²) in [6.45, 7) is 5.58. The van der Waals surface area contributed by atoms with Crippen LogP contribution in [0.25, 0.3) is 0 Å². The van der Waals surface area contributed by atoms with Crippen LogP contribution in [-0.4, -0.2) is 26.4 Å². The molecule has 0 aromatic heterocycles. The summed E-state index contributed by atoms with van der Waals surface area (Å²) < 4.78 is 11.0. The predicted molar refractivity (Wildman–Crippen MR) is 78.7 cm³/mol. The summed E-state index contributed by atoms with van der Waals surface area (Å²) in [5.74, 6) is 1.48. The molecule has 1 fully saturated rings. The minimum atomic E-state index is 0.697. The number of benzene rings is 1. The molecule has 1 aliphatic rings. The van der Waals surface area contributed by atoms with E-state index in [9.17, 15) is 0 Å². The maximum Gasteiger partial charge on any atom is 0.144 e. The molecule has 0 aliphatic carbocycles. The van der Waals surface area contributed by atoms with E-state index >= 15 is 0 Å². The Morgan fingerprint density at radius 2 is 2.37 bits per heavy atom. The van der Waals surface area contributed by atoms with E-state index in [1.54, 1.807) is 0 Å². The smallest absolute Gasteiger partial charge is 0.144 e. The van der Waals surface area contributed by atoms with Crippen molar-refractivity contribution in [2.45, 2.75) is 26.2 Å². The van der Waals surface area contributed by atoms with Gasteiger partial charge >= 0.3 is 0 Å². The number of anilines is 2. The van der Waals surface area contributed by atoms with Gasteiger partial charge in [0.1, 0.15) is 5.75 Å². The average molecular weight is 264 g/mol. The molecule has 19 heavy (non-hydrogen) atoms. The fraction of sp³-hybridized carbons (Fsp3) is 0.600. The molecule has 4 heteroatoms. The van der Waals surface area contributed by atoms with Gasteiger partial charge in [0, 0.05) is 31.5 Å². The third kappa shape index (κ3) is 4.31. The van der Waals surface area contributed by atoms with Crippen molar-refractivity contribution in [1.29, 1.82) is 0 Å². The summed E-state index contributed by atoms with van der Waals surface area (Å²) in [5, 5.41) is 3.42. The van der Waals surface area contributed by atoms with E-state index in [0.29, 0.717) is 18.2 Å². The topological polar surface area (TPSA) is 56.5 Å². The molecule has 0 amide bonds. The summed E-state index contributed by atoms with van der Waals surface area (Å²) in [4.78, 5) is 0. The highest BCUT2D eigenvalue weighted by atomic mass is 16.5. The standard InChI is InChI=1S/C15H24N2O2/c1-2-8-19-15-10-13(3-4-14(15)16)17-7-5-12-6-9-18-11-12/h3-4,10,12,17H,2,5-9,11,16H2,1H3. The van der Waals surface area contributed by atoms with Crippen LogP contribution in [0.3, 0.4) is 0 Å². The number of hydrogen-bond donors (Lipinski definition) is 2. The highest BCUT2D eigenvalue weighted by Gasteiger charge is 2.14. The quantitative estimate of drug-likeness (QED) is 0.743. The number of ether oxygens (including phenoxy) is 2. The first kappa shape index (κ1) is 14.0. The second-order valence-electron chi connectivity index (χ2n) is 5.05. The van der Waals surface area contributed by atoms with Gasteiger partial charge in [-0.25, -0.2) is 0 Å². The van der Waals surface area contributed by atoms with Crippen LogP contribution >= 0.6 is 0 Å². The Labute approximate surface area is 115 Å². The molecule has 4 nitrogen and oxygen atoms in total. The van der Waals surface area contributed by atoms with E-state index in [4.69, 9.17) is 15.2 Å². The number of nitrogens with one attached hydrogen (secondary N) is 1. The summed E-state index contributed by atoms with van der Waals surface area (Å²) in [7, 11) is 0. The first-order chi connectivity index (χ1) is 9.29. The van der Waals surface area contributed by atoms with Crippen molar-refractivity contribution in [2.75, 3.05) is 37.4 Å². The second-order valence-corrected chi connectivity index (χ2v) is 5.05. The lowest BCUT2D eigenvalue weighted by molar-refractivity contribution is 0.185. The molecule has 1 atom stereocenters. The molecule has 0 spiro atoms. The Kier molecular flexibility index (Phi) is 5.33. The van der Waals surface area contributed by atoms with E-state index in [1.807, 2.05) is 18.2 Å². The van der Waals surface area contributed by atoms with Crippen molar-refractivity contribution in [3.8, 4) is 5.75 Å². The third-order valence-electron chi connectivity index (χ3n) is 3.38. The van der Waals surface area contributed by atoms with Crippen LogP contribution in [-0.2, 0) is 4.74 Å². The van der Waals surface area contributed by atoms with E-state index in [2.05, 4.69) is 12.2 Å². The predicted octanol–water partition coefficient (Wildman–Crippen LogP) is 2.90. The second kappa shape index (κ2) is 7.24. The van der Waals surface area contributed by atoms with Gasteiger partial charge in [-0.1, -0.05) is 6.92 Å². The first-order valence-electron chi connectivity index (χ1n) is 7.13. The highest BCUT2D eigenvalue weighted by Crippen LogP contribution is 2.26. The van der Waals surface area contributed by atoms with Crippen molar-refractivity contribution in [2.24, 2.45) is 5.92 Å². The highest BCUT2D eigenvalue weighted by molar-refractivity contribution is 5.61. The van der Waals surface area contributed by atoms with Crippen molar-refractivity contribution in [3.63, 3.8) is 0 Å². The molecule has 106 valence electrons. The minimum absolute atomic E-state index is 0.697. The Hall–Kier alpha value is -1.42. The van der Waals surface area contributed by atoms with Crippen molar-refractivity contribution >= 4 is 11.4 Å². The van der Waals surface area contributed by atoms with Crippen LogP contribution in [0.4, 0.5) is 11.4 Å². The number of hydrogen-bond acceptors (Lipinski definition) is 4. The zero-order valence-electron chi connectivity index (χ0n) is 11.7. The normalized spacial score (nSPS) is 18.5. The third-order valence-corrected chi connectivity index (χ3v) is 3.38. The van der Waals surface area contributed by atoms with Gasteiger partial charge in [0.05, 0.1) is 12.3 Å². The summed E-state index contributed by atoms with van der Waals surface area (Å²) >= 11 is 0. The molecule has 1 saturated heterocycles. The van der Waals surface area contributed by atoms with Crippen molar-refractivity contribution in [3.05, 3.63) is 18.2 Å². The van der Waals surface area contributed by atoms with Crippen molar-refractivity contribution in [1.82, 2.24) is 0 Å². The van der Waals surface area contributed by atoms with Gasteiger partial charge in [0.15, 0.2) is 0 Å². The molecule has 2 rings (SSSR count).